The largest absolute Gasteiger partial charge is 0.497 e. The first kappa shape index (κ1) is 25.4. The number of nitrogens with zero attached hydrogens (tertiary/aromatic N) is 2. The molecule has 0 N–H and O–H groups in total. The maximum atomic E-state index is 14.0. The van der Waals surface area contributed by atoms with E-state index in [0.29, 0.717) is 41.7 Å². The zero-order valence-electron chi connectivity index (χ0n) is 20.7. The minimum atomic E-state index is -0.443. The fourth-order valence-corrected chi connectivity index (χ4v) is 5.91. The van der Waals surface area contributed by atoms with Crippen molar-refractivity contribution in [2.45, 2.75) is 18.9 Å². The third kappa shape index (κ3) is 5.00. The molecule has 2 amide bonds. The molecule has 0 saturated carbocycles. The third-order valence-corrected chi connectivity index (χ3v) is 7.91. The van der Waals surface area contributed by atoms with Gasteiger partial charge in [-0.1, -0.05) is 47.5 Å². The van der Waals surface area contributed by atoms with Crippen molar-refractivity contribution in [1.29, 1.82) is 0 Å². The number of amides is 2. The summed E-state index contributed by atoms with van der Waals surface area (Å²) >= 11 is 12.4. The van der Waals surface area contributed by atoms with Gasteiger partial charge >= 0.3 is 0 Å². The summed E-state index contributed by atoms with van der Waals surface area (Å²) in [5, 5.41) is 0.746. The molecule has 3 aromatic rings. The summed E-state index contributed by atoms with van der Waals surface area (Å²) in [7, 11) is 3.21. The van der Waals surface area contributed by atoms with Crippen molar-refractivity contribution in [1.82, 2.24) is 9.80 Å². The van der Waals surface area contributed by atoms with Crippen molar-refractivity contribution in [2.24, 2.45) is 5.92 Å². The van der Waals surface area contributed by atoms with Crippen LogP contribution in [0.15, 0.2) is 60.7 Å². The number of methoxy groups -OCH3 is 2. The van der Waals surface area contributed by atoms with Gasteiger partial charge in [-0.15, -0.1) is 0 Å². The first-order valence-corrected chi connectivity index (χ1v) is 13.0. The predicted octanol–water partition coefficient (Wildman–Crippen LogP) is 5.45. The molecular weight excluding hydrogens is 511 g/mol. The van der Waals surface area contributed by atoms with Gasteiger partial charge in [0.25, 0.3) is 5.91 Å². The van der Waals surface area contributed by atoms with Crippen LogP contribution < -0.4 is 9.47 Å². The number of halogens is 2. The van der Waals surface area contributed by atoms with E-state index in [-0.39, 0.29) is 29.3 Å². The van der Waals surface area contributed by atoms with Crippen molar-refractivity contribution in [3.63, 3.8) is 0 Å². The molecule has 6 nitrogen and oxygen atoms in total. The minimum Gasteiger partial charge on any atom is -0.497 e. The SMILES string of the molecule is COc1ccc(OC)c(C2CN(C(=O)c3ccc(Cl)cc3Cl)CC2C(=O)N2CCc3ccccc3C2)c1. The molecule has 192 valence electrons. The first-order chi connectivity index (χ1) is 17.9. The van der Waals surface area contributed by atoms with Gasteiger partial charge in [0.1, 0.15) is 11.5 Å². The van der Waals surface area contributed by atoms with Crippen molar-refractivity contribution in [2.75, 3.05) is 33.9 Å². The standard InChI is InChI=1S/C29H28Cl2N2O4/c1-36-21-8-10-27(37-2)23(14-21)24-16-33(28(34)22-9-7-20(30)13-26(22)31)17-25(24)29(35)32-12-11-18-5-3-4-6-19(18)15-32/h3-10,13-14,24-25H,11-12,15-17H2,1-2H3. The molecular formula is C29H28Cl2N2O4. The first-order valence-electron chi connectivity index (χ1n) is 12.2. The Hall–Kier alpha value is -3.22. The van der Waals surface area contributed by atoms with Crippen LogP contribution in [-0.2, 0) is 17.8 Å². The van der Waals surface area contributed by atoms with Gasteiger partial charge in [0, 0.05) is 42.7 Å². The zero-order valence-corrected chi connectivity index (χ0v) is 22.3. The molecule has 0 bridgehead atoms. The van der Waals surface area contributed by atoms with Crippen LogP contribution in [0.2, 0.25) is 10.0 Å². The Kier molecular flexibility index (Phi) is 7.31. The van der Waals surface area contributed by atoms with Crippen LogP contribution in [-0.4, -0.2) is 55.5 Å². The van der Waals surface area contributed by atoms with Gasteiger partial charge in [-0.3, -0.25) is 9.59 Å². The lowest BCUT2D eigenvalue weighted by Crippen LogP contribution is -2.42. The highest BCUT2D eigenvalue weighted by molar-refractivity contribution is 6.36. The van der Waals surface area contributed by atoms with Crippen LogP contribution in [0.1, 0.15) is 33.0 Å². The van der Waals surface area contributed by atoms with Gasteiger partial charge < -0.3 is 19.3 Å². The van der Waals surface area contributed by atoms with E-state index in [1.165, 1.54) is 5.56 Å². The molecule has 37 heavy (non-hydrogen) atoms. The van der Waals surface area contributed by atoms with Crippen molar-refractivity contribution in [3.8, 4) is 11.5 Å². The number of fused-ring (bicyclic) bond motifs is 1. The Morgan fingerprint density at radius 2 is 1.68 bits per heavy atom. The van der Waals surface area contributed by atoms with Gasteiger partial charge in [-0.25, -0.2) is 0 Å². The number of benzene rings is 3. The summed E-state index contributed by atoms with van der Waals surface area (Å²) in [6, 6.07) is 18.6. The molecule has 0 aliphatic carbocycles. The normalized spacial score (nSPS) is 18.9. The van der Waals surface area contributed by atoms with Crippen molar-refractivity contribution < 1.29 is 19.1 Å². The van der Waals surface area contributed by atoms with E-state index in [2.05, 4.69) is 12.1 Å². The molecule has 1 saturated heterocycles. The quantitative estimate of drug-likeness (QED) is 0.433. The highest BCUT2D eigenvalue weighted by Crippen LogP contribution is 2.41. The number of carbonyl (C=O) groups excluding carboxylic acids is 2. The molecule has 0 aromatic heterocycles. The van der Waals surface area contributed by atoms with E-state index < -0.39 is 5.92 Å². The van der Waals surface area contributed by atoms with E-state index in [1.54, 1.807) is 37.3 Å². The molecule has 0 spiro atoms. The summed E-state index contributed by atoms with van der Waals surface area (Å²) in [6.07, 6.45) is 0.810. The maximum absolute atomic E-state index is 14.0. The molecule has 2 unspecified atom stereocenters. The number of likely N-dealkylation sites (tertiary alicyclic amines) is 1. The summed E-state index contributed by atoms with van der Waals surface area (Å²) in [4.78, 5) is 31.2. The molecule has 8 heteroatoms. The Morgan fingerprint density at radius 1 is 0.892 bits per heavy atom. The van der Waals surface area contributed by atoms with Gasteiger partial charge in [0.2, 0.25) is 5.91 Å². The number of carbonyl (C=O) groups is 2. The second kappa shape index (κ2) is 10.6. The third-order valence-electron chi connectivity index (χ3n) is 7.36. The lowest BCUT2D eigenvalue weighted by Gasteiger charge is -2.32. The Morgan fingerprint density at radius 3 is 2.41 bits per heavy atom. The topological polar surface area (TPSA) is 59.1 Å². The molecule has 1 fully saturated rings. The molecule has 2 atom stereocenters. The second-order valence-electron chi connectivity index (χ2n) is 9.43. The van der Waals surface area contributed by atoms with Crippen LogP contribution in [0.25, 0.3) is 0 Å². The van der Waals surface area contributed by atoms with E-state index in [0.717, 1.165) is 17.5 Å². The molecule has 3 aromatic carbocycles. The monoisotopic (exact) mass is 538 g/mol. The molecule has 2 heterocycles. The average molecular weight is 539 g/mol. The number of rotatable bonds is 5. The summed E-state index contributed by atoms with van der Waals surface area (Å²) < 4.78 is 11.1. The minimum absolute atomic E-state index is 0.0295. The molecule has 5 rings (SSSR count). The van der Waals surface area contributed by atoms with Crippen LogP contribution >= 0.6 is 23.2 Å². The average Bonchev–Trinajstić information content (AvgIpc) is 3.37. The van der Waals surface area contributed by atoms with Gasteiger partial charge in [-0.05, 0) is 53.9 Å². The fourth-order valence-electron chi connectivity index (χ4n) is 5.42. The summed E-state index contributed by atoms with van der Waals surface area (Å²) in [5.74, 6) is 0.409. The van der Waals surface area contributed by atoms with Crippen LogP contribution in [0, 0.1) is 5.92 Å². The maximum Gasteiger partial charge on any atom is 0.255 e. The smallest absolute Gasteiger partial charge is 0.255 e. The fraction of sp³-hybridized carbons (Fsp3) is 0.310. The molecule has 2 aliphatic heterocycles. The Bertz CT molecular complexity index is 1350. The highest BCUT2D eigenvalue weighted by Gasteiger charge is 2.44. The van der Waals surface area contributed by atoms with Crippen molar-refractivity contribution in [3.05, 3.63) is 93.0 Å². The second-order valence-corrected chi connectivity index (χ2v) is 10.3. The van der Waals surface area contributed by atoms with E-state index in [4.69, 9.17) is 32.7 Å². The Labute approximate surface area is 226 Å². The van der Waals surface area contributed by atoms with E-state index >= 15 is 0 Å². The number of ether oxygens (including phenoxy) is 2. The molecule has 2 aliphatic rings. The highest BCUT2D eigenvalue weighted by atomic mass is 35.5. The lowest BCUT2D eigenvalue weighted by atomic mass is 9.86. The summed E-state index contributed by atoms with van der Waals surface area (Å²) in [6.45, 7) is 1.83. The van der Waals surface area contributed by atoms with Gasteiger partial charge in [0.05, 0.1) is 30.7 Å². The number of hydrogen-bond donors (Lipinski definition) is 0. The van der Waals surface area contributed by atoms with Gasteiger partial charge in [-0.2, -0.15) is 0 Å². The predicted molar refractivity (Wildman–Crippen MR) is 144 cm³/mol. The zero-order chi connectivity index (χ0) is 26.1. The lowest BCUT2D eigenvalue weighted by molar-refractivity contribution is -0.136. The van der Waals surface area contributed by atoms with Crippen molar-refractivity contribution >= 4 is 35.0 Å². The Balaban J connectivity index is 1.49. The van der Waals surface area contributed by atoms with E-state index in [9.17, 15) is 9.59 Å². The van der Waals surface area contributed by atoms with E-state index in [1.807, 2.05) is 35.2 Å². The van der Waals surface area contributed by atoms with Crippen LogP contribution in [0.4, 0.5) is 0 Å². The summed E-state index contributed by atoms with van der Waals surface area (Å²) in [5.41, 5.74) is 3.65. The molecule has 0 radical (unpaired) electrons. The van der Waals surface area contributed by atoms with Gasteiger partial charge in [0.15, 0.2) is 0 Å². The van der Waals surface area contributed by atoms with Crippen LogP contribution in [0.5, 0.6) is 11.5 Å². The number of hydrogen-bond acceptors (Lipinski definition) is 4. The van der Waals surface area contributed by atoms with Crippen LogP contribution in [0.3, 0.4) is 0 Å².